The van der Waals surface area contributed by atoms with E-state index < -0.39 is 11.9 Å². The smallest absolute Gasteiger partial charge is 0.338 e. The molecule has 0 atom stereocenters. The predicted molar refractivity (Wildman–Crippen MR) is 113 cm³/mol. The minimum Gasteiger partial charge on any atom is -0.452 e. The topological polar surface area (TPSA) is 84.0 Å². The van der Waals surface area contributed by atoms with Crippen molar-refractivity contribution < 1.29 is 23.9 Å². The zero-order valence-corrected chi connectivity index (χ0v) is 17.4. The fourth-order valence-corrected chi connectivity index (χ4v) is 3.95. The van der Waals surface area contributed by atoms with E-state index in [-0.39, 0.29) is 29.5 Å². The van der Waals surface area contributed by atoms with E-state index in [1.165, 1.54) is 28.7 Å². The molecule has 3 amide bonds. The fourth-order valence-electron chi connectivity index (χ4n) is 3.95. The van der Waals surface area contributed by atoms with Crippen molar-refractivity contribution in [2.75, 3.05) is 19.7 Å². The van der Waals surface area contributed by atoms with E-state index in [0.717, 1.165) is 24.8 Å². The summed E-state index contributed by atoms with van der Waals surface area (Å²) in [5.74, 6) is -1.69. The summed E-state index contributed by atoms with van der Waals surface area (Å²) in [6, 6.07) is 12.3. The van der Waals surface area contributed by atoms with Crippen molar-refractivity contribution in [2.24, 2.45) is 0 Å². The van der Waals surface area contributed by atoms with E-state index in [9.17, 15) is 19.2 Å². The third kappa shape index (κ3) is 4.08. The lowest BCUT2D eigenvalue weighted by atomic mass is 10.00. The molecule has 0 unspecified atom stereocenters. The molecule has 160 valence electrons. The molecule has 0 aliphatic carbocycles. The minimum absolute atomic E-state index is 0.147. The van der Waals surface area contributed by atoms with Crippen LogP contribution in [0.4, 0.5) is 0 Å². The van der Waals surface area contributed by atoms with Crippen molar-refractivity contribution in [3.63, 3.8) is 0 Å². The molecule has 0 N–H and O–H groups in total. The minimum atomic E-state index is -0.694. The van der Waals surface area contributed by atoms with Crippen LogP contribution in [0, 0.1) is 0 Å². The molecule has 7 nitrogen and oxygen atoms in total. The number of benzene rings is 2. The first-order valence-corrected chi connectivity index (χ1v) is 10.5. The molecule has 31 heavy (non-hydrogen) atoms. The number of carbonyl (C=O) groups is 4. The summed E-state index contributed by atoms with van der Waals surface area (Å²) in [5.41, 5.74) is 2.97. The standard InChI is InChI=1S/C24H24N2O5/c1-2-3-11-26-22(28)19-9-8-17(13-20(19)23(26)29)24(30)31-15-21(27)25-12-10-16-6-4-5-7-18(16)14-25/h4-9,13H,2-3,10-12,14-15H2,1H3. The monoisotopic (exact) mass is 420 g/mol. The lowest BCUT2D eigenvalue weighted by Crippen LogP contribution is -2.38. The van der Waals surface area contributed by atoms with Gasteiger partial charge in [-0.2, -0.15) is 0 Å². The average molecular weight is 420 g/mol. The number of ether oxygens (including phenoxy) is 1. The molecule has 4 rings (SSSR count). The largest absolute Gasteiger partial charge is 0.452 e. The molecule has 0 fully saturated rings. The van der Waals surface area contributed by atoms with Crippen LogP contribution in [0.25, 0.3) is 0 Å². The average Bonchev–Trinajstić information content (AvgIpc) is 3.04. The quantitative estimate of drug-likeness (QED) is 0.530. The van der Waals surface area contributed by atoms with Crippen molar-refractivity contribution in [2.45, 2.75) is 32.7 Å². The summed E-state index contributed by atoms with van der Waals surface area (Å²) in [4.78, 5) is 52.8. The normalized spacial score (nSPS) is 15.0. The molecule has 7 heteroatoms. The number of esters is 1. The first-order chi connectivity index (χ1) is 15.0. The summed E-state index contributed by atoms with van der Waals surface area (Å²) in [6.45, 7) is 3.05. The lowest BCUT2D eigenvalue weighted by Gasteiger charge is -2.28. The Morgan fingerprint density at radius 2 is 1.74 bits per heavy atom. The van der Waals surface area contributed by atoms with Gasteiger partial charge in [0.2, 0.25) is 0 Å². The van der Waals surface area contributed by atoms with E-state index in [1.54, 1.807) is 4.90 Å². The number of amides is 3. The highest BCUT2D eigenvalue weighted by Gasteiger charge is 2.35. The maximum Gasteiger partial charge on any atom is 0.338 e. The highest BCUT2D eigenvalue weighted by Crippen LogP contribution is 2.25. The number of fused-ring (bicyclic) bond motifs is 2. The summed E-state index contributed by atoms with van der Waals surface area (Å²) >= 11 is 0. The second kappa shape index (κ2) is 8.71. The molecule has 2 aromatic rings. The van der Waals surface area contributed by atoms with E-state index in [1.807, 2.05) is 25.1 Å². The van der Waals surface area contributed by atoms with Crippen LogP contribution in [-0.2, 0) is 22.5 Å². The zero-order valence-electron chi connectivity index (χ0n) is 17.4. The molecular formula is C24H24N2O5. The van der Waals surface area contributed by atoms with Crippen LogP contribution in [0.2, 0.25) is 0 Å². The number of rotatable bonds is 6. The molecule has 0 spiro atoms. The molecule has 2 heterocycles. The summed E-state index contributed by atoms with van der Waals surface area (Å²) < 4.78 is 5.20. The van der Waals surface area contributed by atoms with Crippen LogP contribution in [0.15, 0.2) is 42.5 Å². The summed E-state index contributed by atoms with van der Waals surface area (Å²) in [6.07, 6.45) is 2.36. The van der Waals surface area contributed by atoms with Gasteiger partial charge >= 0.3 is 5.97 Å². The first kappa shape index (κ1) is 20.8. The van der Waals surface area contributed by atoms with Crippen molar-refractivity contribution in [1.29, 1.82) is 0 Å². The molecule has 0 bridgehead atoms. The maximum atomic E-state index is 12.6. The second-order valence-electron chi connectivity index (χ2n) is 7.79. The number of hydrogen-bond acceptors (Lipinski definition) is 5. The van der Waals surface area contributed by atoms with Gasteiger partial charge in [-0.15, -0.1) is 0 Å². The van der Waals surface area contributed by atoms with Crippen LogP contribution in [0.3, 0.4) is 0 Å². The van der Waals surface area contributed by atoms with Crippen molar-refractivity contribution >= 4 is 23.7 Å². The van der Waals surface area contributed by atoms with Gasteiger partial charge in [-0.25, -0.2) is 4.79 Å². The van der Waals surface area contributed by atoms with Gasteiger partial charge in [0.05, 0.1) is 16.7 Å². The highest BCUT2D eigenvalue weighted by molar-refractivity contribution is 6.22. The molecule has 0 radical (unpaired) electrons. The Labute approximate surface area is 180 Å². The van der Waals surface area contributed by atoms with Gasteiger partial charge in [0.15, 0.2) is 6.61 Å². The number of carbonyl (C=O) groups excluding carboxylic acids is 4. The molecule has 0 saturated carbocycles. The van der Waals surface area contributed by atoms with E-state index >= 15 is 0 Å². The van der Waals surface area contributed by atoms with Gasteiger partial charge in [-0.3, -0.25) is 19.3 Å². The Balaban J connectivity index is 1.38. The van der Waals surface area contributed by atoms with E-state index in [4.69, 9.17) is 4.74 Å². The van der Waals surface area contributed by atoms with Crippen LogP contribution >= 0.6 is 0 Å². The lowest BCUT2D eigenvalue weighted by molar-refractivity contribution is -0.135. The number of nitrogens with zero attached hydrogens (tertiary/aromatic N) is 2. The number of imide groups is 1. The van der Waals surface area contributed by atoms with E-state index in [0.29, 0.717) is 25.2 Å². The summed E-state index contributed by atoms with van der Waals surface area (Å²) in [7, 11) is 0. The SMILES string of the molecule is CCCCN1C(=O)c2ccc(C(=O)OCC(=O)N3CCc4ccccc4C3)cc2C1=O. The van der Waals surface area contributed by atoms with Crippen LogP contribution in [-0.4, -0.2) is 53.2 Å². The molecule has 0 saturated heterocycles. The Morgan fingerprint density at radius 1 is 1.00 bits per heavy atom. The summed E-state index contributed by atoms with van der Waals surface area (Å²) in [5, 5.41) is 0. The third-order valence-electron chi connectivity index (χ3n) is 5.75. The van der Waals surface area contributed by atoms with Crippen LogP contribution < -0.4 is 0 Å². The van der Waals surface area contributed by atoms with Crippen LogP contribution in [0.5, 0.6) is 0 Å². The molecule has 2 aromatic carbocycles. The van der Waals surface area contributed by atoms with Crippen molar-refractivity contribution in [3.8, 4) is 0 Å². The van der Waals surface area contributed by atoms with E-state index in [2.05, 4.69) is 6.07 Å². The third-order valence-corrected chi connectivity index (χ3v) is 5.75. The predicted octanol–water partition coefficient (Wildman–Crippen LogP) is 2.82. The van der Waals surface area contributed by atoms with Gasteiger partial charge < -0.3 is 9.64 Å². The number of hydrogen-bond donors (Lipinski definition) is 0. The Hall–Kier alpha value is -3.48. The Morgan fingerprint density at radius 3 is 2.52 bits per heavy atom. The van der Waals surface area contributed by atoms with Crippen molar-refractivity contribution in [3.05, 3.63) is 70.3 Å². The van der Waals surface area contributed by atoms with Crippen molar-refractivity contribution in [1.82, 2.24) is 9.80 Å². The maximum absolute atomic E-state index is 12.6. The molecule has 0 aromatic heterocycles. The Kier molecular flexibility index (Phi) is 5.84. The van der Waals surface area contributed by atoms with Crippen LogP contribution in [0.1, 0.15) is 62.0 Å². The fraction of sp³-hybridized carbons (Fsp3) is 0.333. The molecule has 2 aliphatic rings. The van der Waals surface area contributed by atoms with Gasteiger partial charge in [-0.05, 0) is 42.2 Å². The highest BCUT2D eigenvalue weighted by atomic mass is 16.5. The second-order valence-corrected chi connectivity index (χ2v) is 7.79. The zero-order chi connectivity index (χ0) is 22.0. The number of unbranched alkanes of at least 4 members (excludes halogenated alkanes) is 1. The van der Waals surface area contributed by atoms with Gasteiger partial charge in [0, 0.05) is 19.6 Å². The van der Waals surface area contributed by atoms with Gasteiger partial charge in [0.25, 0.3) is 17.7 Å². The Bertz CT molecular complexity index is 1060. The molecular weight excluding hydrogens is 396 g/mol. The van der Waals surface area contributed by atoms with Gasteiger partial charge in [0.1, 0.15) is 0 Å². The molecule has 2 aliphatic heterocycles. The van der Waals surface area contributed by atoms with Gasteiger partial charge in [-0.1, -0.05) is 37.6 Å². The first-order valence-electron chi connectivity index (χ1n) is 10.5.